The van der Waals surface area contributed by atoms with Gasteiger partial charge in [0.2, 0.25) is 0 Å². The van der Waals surface area contributed by atoms with Gasteiger partial charge in [-0.2, -0.15) is 18.3 Å². The number of nitrogens with zero attached hydrogens (tertiary/aromatic N) is 2. The molecule has 132 valence electrons. The maximum Gasteiger partial charge on any atom is 0.436 e. The molecule has 10 heteroatoms. The van der Waals surface area contributed by atoms with Gasteiger partial charge < -0.3 is 15.1 Å². The first-order valence-corrected chi connectivity index (χ1v) is 7.92. The van der Waals surface area contributed by atoms with Crippen molar-refractivity contribution in [1.82, 2.24) is 20.4 Å². The lowest BCUT2D eigenvalue weighted by molar-refractivity contribution is -0.141. The van der Waals surface area contributed by atoms with Gasteiger partial charge in [-0.15, -0.1) is 0 Å². The molecule has 0 saturated heterocycles. The molecule has 2 N–H and O–H groups in total. The molecule has 0 amide bonds. The molecule has 2 aromatic rings. The van der Waals surface area contributed by atoms with Crippen molar-refractivity contribution in [3.8, 4) is 0 Å². The molecule has 2 heterocycles. The van der Waals surface area contributed by atoms with E-state index < -0.39 is 11.9 Å². The molecule has 0 radical (unpaired) electrons. The first-order valence-electron chi connectivity index (χ1n) is 7.13. The maximum absolute atomic E-state index is 12.7. The van der Waals surface area contributed by atoms with Crippen LogP contribution in [-0.4, -0.2) is 21.4 Å². The Morgan fingerprint density at radius 1 is 1.42 bits per heavy atom. The number of aromatic nitrogens is 2. The predicted molar refractivity (Wildman–Crippen MR) is 87.7 cm³/mol. The predicted octanol–water partition coefficient (Wildman–Crippen LogP) is 3.51. The quantitative estimate of drug-likeness (QED) is 0.593. The van der Waals surface area contributed by atoms with Gasteiger partial charge in [0.05, 0.1) is 23.5 Å². The summed E-state index contributed by atoms with van der Waals surface area (Å²) in [6.07, 6.45) is -2.44. The lowest BCUT2D eigenvalue weighted by Crippen LogP contribution is -2.35. The van der Waals surface area contributed by atoms with Gasteiger partial charge in [-0.1, -0.05) is 11.6 Å². The molecule has 0 unspecified atom stereocenters. The van der Waals surface area contributed by atoms with Crippen molar-refractivity contribution in [3.63, 3.8) is 0 Å². The highest BCUT2D eigenvalue weighted by Crippen LogP contribution is 2.35. The summed E-state index contributed by atoms with van der Waals surface area (Å²) in [6.45, 7) is 2.76. The number of rotatable bonds is 6. The van der Waals surface area contributed by atoms with Gasteiger partial charge in [0.15, 0.2) is 10.8 Å². The van der Waals surface area contributed by atoms with Crippen molar-refractivity contribution < 1.29 is 17.6 Å². The van der Waals surface area contributed by atoms with Gasteiger partial charge in [0.25, 0.3) is 0 Å². The van der Waals surface area contributed by atoms with E-state index in [-0.39, 0.29) is 5.02 Å². The number of halogens is 4. The molecule has 0 atom stereocenters. The van der Waals surface area contributed by atoms with E-state index in [2.05, 4.69) is 15.7 Å². The Labute approximate surface area is 147 Å². The van der Waals surface area contributed by atoms with Crippen LogP contribution in [0.1, 0.15) is 23.6 Å². The van der Waals surface area contributed by atoms with Gasteiger partial charge in [0, 0.05) is 13.1 Å². The van der Waals surface area contributed by atoms with Crippen LogP contribution in [0.5, 0.6) is 0 Å². The monoisotopic (exact) mass is 380 g/mol. The molecule has 0 aliphatic heterocycles. The molecule has 0 saturated carbocycles. The Balaban J connectivity index is 1.75. The molecule has 2 aromatic heterocycles. The van der Waals surface area contributed by atoms with E-state index in [0.29, 0.717) is 36.9 Å². The average Bonchev–Trinajstić information content (AvgIpc) is 3.12. The summed E-state index contributed by atoms with van der Waals surface area (Å²) < 4.78 is 44.6. The standard InChI is InChI=1S/C14H16ClF3N4OS/c1-9-11(15)12(14(16,17)18)21-22(9)6-3-5-19-13(24)20-8-10-4-2-7-23-10/h2,4,7H,3,5-6,8H2,1H3,(H2,19,20,24). The largest absolute Gasteiger partial charge is 0.467 e. The van der Waals surface area contributed by atoms with Crippen molar-refractivity contribution in [1.29, 1.82) is 0 Å². The second-order valence-electron chi connectivity index (χ2n) is 5.01. The number of hydrogen-bond donors (Lipinski definition) is 2. The molecule has 0 aromatic carbocycles. The topological polar surface area (TPSA) is 55.0 Å². The number of hydrogen-bond acceptors (Lipinski definition) is 3. The number of aryl methyl sites for hydroxylation is 1. The molecule has 5 nitrogen and oxygen atoms in total. The van der Waals surface area contributed by atoms with Crippen molar-refractivity contribution in [2.24, 2.45) is 0 Å². The second kappa shape index (κ2) is 7.89. The molecular formula is C14H16ClF3N4OS. The van der Waals surface area contributed by atoms with E-state index in [4.69, 9.17) is 28.2 Å². The van der Waals surface area contributed by atoms with Crippen molar-refractivity contribution in [3.05, 3.63) is 40.6 Å². The summed E-state index contributed by atoms with van der Waals surface area (Å²) in [5.41, 5.74) is -0.757. The highest BCUT2D eigenvalue weighted by Gasteiger charge is 2.38. The van der Waals surface area contributed by atoms with Crippen LogP contribution in [0.3, 0.4) is 0 Å². The molecule has 2 rings (SSSR count). The first kappa shape index (κ1) is 18.6. The van der Waals surface area contributed by atoms with Crippen molar-refractivity contribution in [2.45, 2.75) is 32.6 Å². The van der Waals surface area contributed by atoms with Gasteiger partial charge in [-0.25, -0.2) is 0 Å². The maximum atomic E-state index is 12.7. The molecule has 0 spiro atoms. The fourth-order valence-electron chi connectivity index (χ4n) is 2.00. The van der Waals surface area contributed by atoms with Gasteiger partial charge >= 0.3 is 6.18 Å². The third-order valence-corrected chi connectivity index (χ3v) is 3.98. The summed E-state index contributed by atoms with van der Waals surface area (Å²) >= 11 is 10.8. The molecule has 0 aliphatic carbocycles. The molecule has 0 aliphatic rings. The van der Waals surface area contributed by atoms with Crippen LogP contribution in [-0.2, 0) is 19.3 Å². The van der Waals surface area contributed by atoms with Gasteiger partial charge in [-0.3, -0.25) is 4.68 Å². The van der Waals surface area contributed by atoms with E-state index in [9.17, 15) is 13.2 Å². The Hall–Kier alpha value is -1.74. The molecule has 0 fully saturated rings. The first-order chi connectivity index (χ1) is 11.3. The van der Waals surface area contributed by atoms with Crippen LogP contribution >= 0.6 is 23.8 Å². The van der Waals surface area contributed by atoms with Crippen LogP contribution in [0, 0.1) is 6.92 Å². The number of alkyl halides is 3. The van der Waals surface area contributed by atoms with Gasteiger partial charge in [0.1, 0.15) is 5.76 Å². The van der Waals surface area contributed by atoms with E-state index in [1.165, 1.54) is 11.6 Å². The van der Waals surface area contributed by atoms with Crippen LogP contribution in [0.2, 0.25) is 5.02 Å². The highest BCUT2D eigenvalue weighted by atomic mass is 35.5. The number of nitrogens with one attached hydrogen (secondary N) is 2. The van der Waals surface area contributed by atoms with E-state index >= 15 is 0 Å². The van der Waals surface area contributed by atoms with Crippen LogP contribution < -0.4 is 10.6 Å². The van der Waals surface area contributed by atoms with Crippen molar-refractivity contribution in [2.75, 3.05) is 6.54 Å². The molecule has 24 heavy (non-hydrogen) atoms. The third-order valence-electron chi connectivity index (χ3n) is 3.24. The minimum Gasteiger partial charge on any atom is -0.467 e. The molecular weight excluding hydrogens is 365 g/mol. The van der Waals surface area contributed by atoms with E-state index in [1.54, 1.807) is 12.3 Å². The number of furan rings is 1. The van der Waals surface area contributed by atoms with E-state index in [0.717, 1.165) is 5.76 Å². The Morgan fingerprint density at radius 2 is 2.17 bits per heavy atom. The summed E-state index contributed by atoms with van der Waals surface area (Å²) in [5, 5.41) is 9.56. The van der Waals surface area contributed by atoms with Crippen molar-refractivity contribution >= 4 is 28.9 Å². The fraction of sp³-hybridized carbons (Fsp3) is 0.429. The zero-order chi connectivity index (χ0) is 17.7. The highest BCUT2D eigenvalue weighted by molar-refractivity contribution is 7.80. The summed E-state index contributed by atoms with van der Waals surface area (Å²) in [7, 11) is 0. The molecule has 0 bridgehead atoms. The van der Waals surface area contributed by atoms with Crippen LogP contribution in [0.4, 0.5) is 13.2 Å². The lowest BCUT2D eigenvalue weighted by atomic mass is 10.3. The minimum absolute atomic E-state index is 0.294. The van der Waals surface area contributed by atoms with Gasteiger partial charge in [-0.05, 0) is 37.7 Å². The smallest absolute Gasteiger partial charge is 0.436 e. The third kappa shape index (κ3) is 4.88. The summed E-state index contributed by atoms with van der Waals surface area (Å²) in [5.74, 6) is 0.751. The fourth-order valence-corrected chi connectivity index (χ4v) is 2.41. The van der Waals surface area contributed by atoms with E-state index in [1.807, 2.05) is 6.07 Å². The summed E-state index contributed by atoms with van der Waals surface area (Å²) in [6, 6.07) is 3.60. The zero-order valence-corrected chi connectivity index (χ0v) is 14.4. The van der Waals surface area contributed by atoms with Crippen LogP contribution in [0.15, 0.2) is 22.8 Å². The Bertz CT molecular complexity index is 685. The Morgan fingerprint density at radius 3 is 2.75 bits per heavy atom. The summed E-state index contributed by atoms with van der Waals surface area (Å²) in [4.78, 5) is 0. The van der Waals surface area contributed by atoms with Crippen LogP contribution in [0.25, 0.3) is 0 Å². The normalized spacial score (nSPS) is 11.5. The zero-order valence-electron chi connectivity index (χ0n) is 12.8. The SMILES string of the molecule is Cc1c(Cl)c(C(F)(F)F)nn1CCCNC(=S)NCc1ccco1. The number of thiocarbonyl (C=S) groups is 1. The second-order valence-corrected chi connectivity index (χ2v) is 5.80. The Kier molecular flexibility index (Phi) is 6.11. The minimum atomic E-state index is -4.55. The average molecular weight is 381 g/mol. The lowest BCUT2D eigenvalue weighted by Gasteiger charge is -2.10.